The van der Waals surface area contributed by atoms with E-state index in [1.807, 2.05) is 0 Å². The molecule has 4 heteroatoms. The van der Waals surface area contributed by atoms with Crippen LogP contribution in [0.4, 0.5) is 0 Å². The van der Waals surface area contributed by atoms with Gasteiger partial charge in [-0.15, -0.1) is 0 Å². The van der Waals surface area contributed by atoms with E-state index in [0.717, 1.165) is 44.0 Å². The van der Waals surface area contributed by atoms with E-state index in [-0.39, 0.29) is 17.6 Å². The van der Waals surface area contributed by atoms with Crippen molar-refractivity contribution < 1.29 is 18.9 Å². The maximum atomic E-state index is 6.44. The molecule has 2 fully saturated rings. The molecule has 0 amide bonds. The maximum Gasteiger partial charge on any atom is 0.125 e. The second kappa shape index (κ2) is 13.2. The van der Waals surface area contributed by atoms with Crippen LogP contribution >= 0.6 is 0 Å². The Bertz CT molecular complexity index is 974. The van der Waals surface area contributed by atoms with Crippen molar-refractivity contribution in [2.24, 2.45) is 0 Å². The summed E-state index contributed by atoms with van der Waals surface area (Å²) >= 11 is 0. The lowest BCUT2D eigenvalue weighted by Gasteiger charge is -2.30. The third-order valence-electron chi connectivity index (χ3n) is 7.79. The van der Waals surface area contributed by atoms with Gasteiger partial charge in [-0.1, -0.05) is 78.1 Å². The van der Waals surface area contributed by atoms with Crippen LogP contribution in [0.1, 0.15) is 101 Å². The van der Waals surface area contributed by atoms with Crippen LogP contribution in [0, 0.1) is 0 Å². The Labute approximate surface area is 225 Å². The summed E-state index contributed by atoms with van der Waals surface area (Å²) in [6.45, 7) is 14.5. The quantitative estimate of drug-likeness (QED) is 0.206. The topological polar surface area (TPSA) is 43.5 Å². The van der Waals surface area contributed by atoms with Gasteiger partial charge in [-0.05, 0) is 72.4 Å². The first-order valence-electron chi connectivity index (χ1n) is 14.7. The van der Waals surface area contributed by atoms with Gasteiger partial charge in [0.05, 0.1) is 13.2 Å². The second-order valence-electron chi connectivity index (χ2n) is 11.4. The molecule has 0 aliphatic carbocycles. The largest absolute Gasteiger partial charge is 0.491 e. The summed E-state index contributed by atoms with van der Waals surface area (Å²) < 4.78 is 23.4. The normalized spacial score (nSPS) is 18.6. The lowest BCUT2D eigenvalue weighted by Crippen LogP contribution is -2.21. The van der Waals surface area contributed by atoms with E-state index < -0.39 is 0 Å². The summed E-state index contributed by atoms with van der Waals surface area (Å²) in [7, 11) is 0. The third kappa shape index (κ3) is 7.74. The Morgan fingerprint density at radius 1 is 0.703 bits per heavy atom. The molecule has 4 rings (SSSR count). The Morgan fingerprint density at radius 3 is 1.70 bits per heavy atom. The summed E-state index contributed by atoms with van der Waals surface area (Å²) in [6.07, 6.45) is 10.7. The molecule has 37 heavy (non-hydrogen) atoms. The lowest BCUT2D eigenvalue weighted by atomic mass is 9.75. The number of hydrogen-bond acceptors (Lipinski definition) is 4. The molecule has 2 heterocycles. The number of benzene rings is 2. The van der Waals surface area contributed by atoms with Crippen LogP contribution in [0.5, 0.6) is 11.5 Å². The standard InChI is InChI=1S/C33H48O4/c1-6-9-12-24-17-27(15-16-31(24)36-22-29-20-34-29)33(4,5)28-18-25(13-10-7-2)32(37-23-30-21-35-30)26(19-28)14-11-8-3/h15-19,29-30H,6-14,20-23H2,1-5H3. The molecule has 0 N–H and O–H groups in total. The predicted molar refractivity (Wildman–Crippen MR) is 151 cm³/mol. The molecule has 2 saturated heterocycles. The maximum absolute atomic E-state index is 6.44. The van der Waals surface area contributed by atoms with E-state index in [9.17, 15) is 0 Å². The van der Waals surface area contributed by atoms with Crippen LogP contribution in [0.2, 0.25) is 0 Å². The van der Waals surface area contributed by atoms with Gasteiger partial charge in [0.1, 0.15) is 36.9 Å². The van der Waals surface area contributed by atoms with Crippen LogP contribution in [-0.4, -0.2) is 38.6 Å². The zero-order valence-electron chi connectivity index (χ0n) is 23.9. The van der Waals surface area contributed by atoms with E-state index >= 15 is 0 Å². The highest BCUT2D eigenvalue weighted by atomic mass is 16.6. The highest BCUT2D eigenvalue weighted by molar-refractivity contribution is 5.51. The van der Waals surface area contributed by atoms with Crippen molar-refractivity contribution >= 4 is 0 Å². The van der Waals surface area contributed by atoms with Crippen molar-refractivity contribution in [3.05, 3.63) is 58.1 Å². The number of epoxide rings is 2. The lowest BCUT2D eigenvalue weighted by molar-refractivity contribution is 0.258. The van der Waals surface area contributed by atoms with Crippen molar-refractivity contribution in [2.45, 2.75) is 110 Å². The van der Waals surface area contributed by atoms with E-state index in [2.05, 4.69) is 65.0 Å². The molecule has 2 atom stereocenters. The second-order valence-corrected chi connectivity index (χ2v) is 11.4. The van der Waals surface area contributed by atoms with Gasteiger partial charge in [0.2, 0.25) is 0 Å². The van der Waals surface area contributed by atoms with Gasteiger partial charge in [-0.3, -0.25) is 0 Å². The SMILES string of the molecule is CCCCc1cc(C(C)(C)c2cc(CCCC)c(OCC3CO3)c(CCCC)c2)ccc1OCC1CO1. The minimum absolute atomic E-state index is 0.126. The minimum atomic E-state index is -0.126. The number of ether oxygens (including phenoxy) is 4. The van der Waals surface area contributed by atoms with E-state index in [1.165, 1.54) is 66.3 Å². The zero-order chi connectivity index (χ0) is 26.3. The Kier molecular flexibility index (Phi) is 9.95. The minimum Gasteiger partial charge on any atom is -0.491 e. The van der Waals surface area contributed by atoms with E-state index in [4.69, 9.17) is 18.9 Å². The Balaban J connectivity index is 1.68. The Hall–Kier alpha value is -2.04. The first-order valence-corrected chi connectivity index (χ1v) is 14.7. The zero-order valence-corrected chi connectivity index (χ0v) is 23.9. The van der Waals surface area contributed by atoms with Gasteiger partial charge in [0, 0.05) is 5.41 Å². The van der Waals surface area contributed by atoms with Gasteiger partial charge < -0.3 is 18.9 Å². The fourth-order valence-corrected chi connectivity index (χ4v) is 4.93. The number of aryl methyl sites for hydroxylation is 3. The Morgan fingerprint density at radius 2 is 1.19 bits per heavy atom. The summed E-state index contributed by atoms with van der Waals surface area (Å²) in [5, 5.41) is 0. The number of unbranched alkanes of at least 4 members (excludes halogenated alkanes) is 3. The number of rotatable bonds is 17. The van der Waals surface area contributed by atoms with Gasteiger partial charge in [-0.25, -0.2) is 0 Å². The van der Waals surface area contributed by atoms with Crippen molar-refractivity contribution in [3.63, 3.8) is 0 Å². The van der Waals surface area contributed by atoms with Gasteiger partial charge in [0.15, 0.2) is 0 Å². The monoisotopic (exact) mass is 508 g/mol. The van der Waals surface area contributed by atoms with Gasteiger partial charge in [-0.2, -0.15) is 0 Å². The molecular weight excluding hydrogens is 460 g/mol. The van der Waals surface area contributed by atoms with Crippen molar-refractivity contribution in [2.75, 3.05) is 26.4 Å². The van der Waals surface area contributed by atoms with Crippen LogP contribution in [0.15, 0.2) is 30.3 Å². The molecule has 2 aromatic carbocycles. The fourth-order valence-electron chi connectivity index (χ4n) is 4.93. The summed E-state index contributed by atoms with van der Waals surface area (Å²) in [5.74, 6) is 2.13. The van der Waals surface area contributed by atoms with Crippen molar-refractivity contribution in [3.8, 4) is 11.5 Å². The summed E-state index contributed by atoms with van der Waals surface area (Å²) in [4.78, 5) is 0. The summed E-state index contributed by atoms with van der Waals surface area (Å²) in [5.41, 5.74) is 6.62. The van der Waals surface area contributed by atoms with E-state index in [0.29, 0.717) is 13.2 Å². The molecule has 2 aliphatic heterocycles. The van der Waals surface area contributed by atoms with Crippen LogP contribution in [-0.2, 0) is 34.2 Å². The van der Waals surface area contributed by atoms with Crippen molar-refractivity contribution in [1.29, 1.82) is 0 Å². The molecule has 0 spiro atoms. The molecule has 0 saturated carbocycles. The molecular formula is C33H48O4. The third-order valence-corrected chi connectivity index (χ3v) is 7.79. The number of hydrogen-bond donors (Lipinski definition) is 0. The first-order chi connectivity index (χ1) is 18.0. The molecule has 0 aromatic heterocycles. The molecule has 0 radical (unpaired) electrons. The average Bonchev–Trinajstić information content (AvgIpc) is 3.83. The molecule has 4 nitrogen and oxygen atoms in total. The van der Waals surface area contributed by atoms with E-state index in [1.54, 1.807) is 0 Å². The van der Waals surface area contributed by atoms with Gasteiger partial charge in [0.25, 0.3) is 0 Å². The molecule has 0 bridgehead atoms. The fraction of sp³-hybridized carbons (Fsp3) is 0.636. The average molecular weight is 509 g/mol. The highest BCUT2D eigenvalue weighted by Crippen LogP contribution is 2.39. The molecule has 2 unspecified atom stereocenters. The van der Waals surface area contributed by atoms with Crippen LogP contribution in [0.3, 0.4) is 0 Å². The van der Waals surface area contributed by atoms with Crippen molar-refractivity contribution in [1.82, 2.24) is 0 Å². The first kappa shape index (κ1) is 28.0. The van der Waals surface area contributed by atoms with Crippen LogP contribution < -0.4 is 9.47 Å². The van der Waals surface area contributed by atoms with Crippen LogP contribution in [0.25, 0.3) is 0 Å². The highest BCUT2D eigenvalue weighted by Gasteiger charge is 2.29. The molecule has 2 aliphatic rings. The summed E-state index contributed by atoms with van der Waals surface area (Å²) in [6, 6.07) is 11.7. The van der Waals surface area contributed by atoms with Gasteiger partial charge >= 0.3 is 0 Å². The smallest absolute Gasteiger partial charge is 0.125 e. The predicted octanol–water partition coefficient (Wildman–Crippen LogP) is 7.60. The molecule has 2 aromatic rings. The molecule has 204 valence electrons.